The van der Waals surface area contributed by atoms with Gasteiger partial charge in [-0.05, 0) is 41.0 Å². The first-order chi connectivity index (χ1) is 16.7. The Bertz CT molecular complexity index is 1340. The van der Waals surface area contributed by atoms with E-state index in [9.17, 15) is 4.79 Å². The molecule has 0 spiro atoms. The molecule has 5 aromatic rings. The van der Waals surface area contributed by atoms with E-state index in [4.69, 9.17) is 16.0 Å². The van der Waals surface area contributed by atoms with E-state index < -0.39 is 5.92 Å². The molecule has 34 heavy (non-hydrogen) atoms. The molecule has 7 heteroatoms. The van der Waals surface area contributed by atoms with Crippen molar-refractivity contribution >= 4 is 23.5 Å². The summed E-state index contributed by atoms with van der Waals surface area (Å²) in [6, 6.07) is 30.4. The van der Waals surface area contributed by atoms with Crippen molar-refractivity contribution < 1.29 is 9.21 Å². The van der Waals surface area contributed by atoms with Crippen LogP contribution in [-0.4, -0.2) is 20.7 Å². The fraction of sp³-hybridized carbons (Fsp3) is 0.0741. The Balaban J connectivity index is 1.55. The van der Waals surface area contributed by atoms with Gasteiger partial charge in [-0.1, -0.05) is 84.4 Å². The van der Waals surface area contributed by atoms with Crippen molar-refractivity contribution in [3.63, 3.8) is 0 Å². The molecule has 0 unspecified atom stereocenters. The van der Waals surface area contributed by atoms with Crippen molar-refractivity contribution in [1.82, 2.24) is 14.8 Å². The molecule has 0 aliphatic rings. The van der Waals surface area contributed by atoms with Gasteiger partial charge in [0.2, 0.25) is 11.8 Å². The minimum Gasteiger partial charge on any atom is -0.461 e. The van der Waals surface area contributed by atoms with Crippen molar-refractivity contribution in [3.05, 3.63) is 125 Å². The van der Waals surface area contributed by atoms with Gasteiger partial charge in [-0.3, -0.25) is 4.79 Å². The first kappa shape index (κ1) is 21.7. The summed E-state index contributed by atoms with van der Waals surface area (Å²) < 4.78 is 6.81. The SMILES string of the molecule is O=C(C(c1ccccc1)c1ccccc1)n1nc(-c2ccco2)nc1NCc1cccc(Cl)c1. The molecule has 0 bridgehead atoms. The van der Waals surface area contributed by atoms with Crippen LogP contribution in [0.5, 0.6) is 0 Å². The molecule has 0 amide bonds. The van der Waals surface area contributed by atoms with Crippen LogP contribution < -0.4 is 5.32 Å². The second-order valence-electron chi connectivity index (χ2n) is 7.72. The second-order valence-corrected chi connectivity index (χ2v) is 8.16. The first-order valence-electron chi connectivity index (χ1n) is 10.8. The van der Waals surface area contributed by atoms with Crippen molar-refractivity contribution in [2.24, 2.45) is 0 Å². The highest BCUT2D eigenvalue weighted by atomic mass is 35.5. The van der Waals surface area contributed by atoms with Crippen molar-refractivity contribution in [2.75, 3.05) is 5.32 Å². The predicted octanol–water partition coefficient (Wildman–Crippen LogP) is 6.28. The number of aromatic nitrogens is 3. The van der Waals surface area contributed by atoms with Gasteiger partial charge >= 0.3 is 0 Å². The van der Waals surface area contributed by atoms with E-state index in [0.29, 0.717) is 29.1 Å². The summed E-state index contributed by atoms with van der Waals surface area (Å²) >= 11 is 6.13. The molecule has 2 aromatic heterocycles. The molecular weight excluding hydrogens is 448 g/mol. The number of hydrogen-bond donors (Lipinski definition) is 1. The fourth-order valence-electron chi connectivity index (χ4n) is 3.81. The molecule has 5 rings (SSSR count). The van der Waals surface area contributed by atoms with Crippen LogP contribution in [0.4, 0.5) is 5.95 Å². The Hall–Kier alpha value is -4.16. The summed E-state index contributed by atoms with van der Waals surface area (Å²) in [5, 5.41) is 8.41. The number of carbonyl (C=O) groups excluding carboxylic acids is 1. The van der Waals surface area contributed by atoms with E-state index >= 15 is 0 Å². The summed E-state index contributed by atoms with van der Waals surface area (Å²) in [5.41, 5.74) is 2.70. The van der Waals surface area contributed by atoms with Crippen molar-refractivity contribution in [1.29, 1.82) is 0 Å². The van der Waals surface area contributed by atoms with Gasteiger partial charge in [0.1, 0.15) is 0 Å². The third kappa shape index (κ3) is 4.63. The Morgan fingerprint density at radius 2 is 1.62 bits per heavy atom. The van der Waals surface area contributed by atoms with Gasteiger partial charge in [-0.15, -0.1) is 5.10 Å². The highest BCUT2D eigenvalue weighted by Crippen LogP contribution is 2.28. The second kappa shape index (κ2) is 9.77. The average molecular weight is 469 g/mol. The van der Waals surface area contributed by atoms with E-state index in [0.717, 1.165) is 16.7 Å². The molecule has 0 aliphatic carbocycles. The summed E-state index contributed by atoms with van der Waals surface area (Å²) in [5.74, 6) is 0.352. The minimum atomic E-state index is -0.555. The molecule has 0 fully saturated rings. The normalized spacial score (nSPS) is 11.0. The first-order valence-corrected chi connectivity index (χ1v) is 11.2. The summed E-state index contributed by atoms with van der Waals surface area (Å²) in [6.07, 6.45) is 1.55. The molecule has 6 nitrogen and oxygen atoms in total. The number of furan rings is 1. The van der Waals surface area contributed by atoms with Gasteiger partial charge in [0.15, 0.2) is 5.76 Å². The number of halogens is 1. The van der Waals surface area contributed by atoms with E-state index in [1.807, 2.05) is 84.9 Å². The third-order valence-corrected chi connectivity index (χ3v) is 5.64. The van der Waals surface area contributed by atoms with Gasteiger partial charge in [-0.2, -0.15) is 9.67 Å². The van der Waals surface area contributed by atoms with Crippen molar-refractivity contribution in [3.8, 4) is 11.6 Å². The van der Waals surface area contributed by atoms with Crippen LogP contribution in [0.2, 0.25) is 5.02 Å². The van der Waals surface area contributed by atoms with E-state index in [2.05, 4.69) is 15.4 Å². The molecule has 0 saturated heterocycles. The third-order valence-electron chi connectivity index (χ3n) is 5.41. The lowest BCUT2D eigenvalue weighted by molar-refractivity contribution is 0.0879. The highest BCUT2D eigenvalue weighted by molar-refractivity contribution is 6.30. The quantitative estimate of drug-likeness (QED) is 0.304. The smallest absolute Gasteiger partial charge is 0.262 e. The number of nitrogens with zero attached hydrogens (tertiary/aromatic N) is 3. The maximum absolute atomic E-state index is 14.0. The van der Waals surface area contributed by atoms with Crippen LogP contribution in [0.15, 0.2) is 108 Å². The van der Waals surface area contributed by atoms with Crippen LogP contribution in [0.3, 0.4) is 0 Å². The lowest BCUT2D eigenvalue weighted by Gasteiger charge is -2.17. The molecule has 3 aromatic carbocycles. The number of rotatable bonds is 7. The number of benzene rings is 3. The van der Waals surface area contributed by atoms with Gasteiger partial charge in [0.05, 0.1) is 12.2 Å². The zero-order valence-electron chi connectivity index (χ0n) is 18.1. The van der Waals surface area contributed by atoms with Crippen LogP contribution >= 0.6 is 11.6 Å². The van der Waals surface area contributed by atoms with Gasteiger partial charge in [0, 0.05) is 11.6 Å². The number of nitrogens with one attached hydrogen (secondary N) is 1. The maximum atomic E-state index is 14.0. The predicted molar refractivity (Wildman–Crippen MR) is 132 cm³/mol. The monoisotopic (exact) mass is 468 g/mol. The maximum Gasteiger partial charge on any atom is 0.262 e. The Morgan fingerprint density at radius 1 is 0.912 bits per heavy atom. The van der Waals surface area contributed by atoms with Crippen LogP contribution in [0.25, 0.3) is 11.6 Å². The molecule has 0 saturated carbocycles. The van der Waals surface area contributed by atoms with Crippen LogP contribution in [-0.2, 0) is 6.54 Å². The molecule has 0 aliphatic heterocycles. The lowest BCUT2D eigenvalue weighted by atomic mass is 9.90. The largest absolute Gasteiger partial charge is 0.461 e. The molecule has 0 radical (unpaired) electrons. The highest BCUT2D eigenvalue weighted by Gasteiger charge is 2.28. The topological polar surface area (TPSA) is 73.0 Å². The van der Waals surface area contributed by atoms with Gasteiger partial charge < -0.3 is 9.73 Å². The summed E-state index contributed by atoms with van der Waals surface area (Å²) in [4.78, 5) is 18.6. The molecular formula is C27H21ClN4O2. The van der Waals surface area contributed by atoms with E-state index in [1.165, 1.54) is 4.68 Å². The number of anilines is 1. The molecule has 1 N–H and O–H groups in total. The zero-order valence-corrected chi connectivity index (χ0v) is 18.9. The summed E-state index contributed by atoms with van der Waals surface area (Å²) in [6.45, 7) is 0.422. The van der Waals surface area contributed by atoms with Crippen LogP contribution in [0.1, 0.15) is 27.4 Å². The zero-order chi connectivity index (χ0) is 23.3. The Morgan fingerprint density at radius 3 is 2.24 bits per heavy atom. The lowest BCUT2D eigenvalue weighted by Crippen LogP contribution is -2.24. The number of hydrogen-bond acceptors (Lipinski definition) is 5. The average Bonchev–Trinajstić information content (AvgIpc) is 3.55. The molecule has 0 atom stereocenters. The van der Waals surface area contributed by atoms with E-state index in [1.54, 1.807) is 18.4 Å². The van der Waals surface area contributed by atoms with Gasteiger partial charge in [-0.25, -0.2) is 0 Å². The standard InChI is InChI=1S/C27H21ClN4O2/c28-22-14-7-9-19(17-22)18-29-27-30-25(23-15-8-16-34-23)31-32(27)26(33)24(20-10-3-1-4-11-20)21-12-5-2-6-13-21/h1-17,24H,18H2,(H,29,30,31). The molecule has 2 heterocycles. The van der Waals surface area contributed by atoms with Crippen molar-refractivity contribution in [2.45, 2.75) is 12.5 Å². The fourth-order valence-corrected chi connectivity index (χ4v) is 4.02. The number of carbonyl (C=O) groups is 1. The summed E-state index contributed by atoms with van der Waals surface area (Å²) in [7, 11) is 0. The Labute approximate surface area is 201 Å². The van der Waals surface area contributed by atoms with E-state index in [-0.39, 0.29) is 5.91 Å². The van der Waals surface area contributed by atoms with Crippen LogP contribution in [0, 0.1) is 0 Å². The minimum absolute atomic E-state index is 0.226. The van der Waals surface area contributed by atoms with Gasteiger partial charge in [0.25, 0.3) is 5.91 Å². The molecule has 168 valence electrons. The Kier molecular flexibility index (Phi) is 6.23.